The fourth-order valence-electron chi connectivity index (χ4n) is 2.46. The molecule has 0 radical (unpaired) electrons. The van der Waals surface area contributed by atoms with Crippen LogP contribution in [0.15, 0.2) is 48.5 Å². The van der Waals surface area contributed by atoms with Crippen LogP contribution in [-0.4, -0.2) is 24.4 Å². The molecule has 5 nitrogen and oxygen atoms in total. The zero-order valence-corrected chi connectivity index (χ0v) is 13.7. The van der Waals surface area contributed by atoms with Crippen molar-refractivity contribution in [3.63, 3.8) is 0 Å². The van der Waals surface area contributed by atoms with Crippen molar-refractivity contribution in [2.24, 2.45) is 0 Å². The average Bonchev–Trinajstić information content (AvgIpc) is 2.59. The Hall–Kier alpha value is -2.53. The summed E-state index contributed by atoms with van der Waals surface area (Å²) in [6, 6.07) is 13.9. The molecule has 2 aromatic rings. The molecule has 24 heavy (non-hydrogen) atoms. The van der Waals surface area contributed by atoms with Gasteiger partial charge in [0.25, 0.3) is 5.91 Å². The molecule has 6 heteroatoms. The molecule has 1 fully saturated rings. The van der Waals surface area contributed by atoms with Gasteiger partial charge in [0.05, 0.1) is 0 Å². The highest BCUT2D eigenvalue weighted by atomic mass is 35.5. The van der Waals surface area contributed by atoms with Crippen LogP contribution >= 0.6 is 11.6 Å². The molecular weight excluding hydrogens is 328 g/mol. The van der Waals surface area contributed by atoms with Gasteiger partial charge in [-0.1, -0.05) is 17.7 Å². The van der Waals surface area contributed by atoms with Gasteiger partial charge in [-0.05, 0) is 48.9 Å². The minimum Gasteiger partial charge on any atom is -0.457 e. The molecule has 1 saturated heterocycles. The van der Waals surface area contributed by atoms with Crippen LogP contribution < -0.4 is 15.4 Å². The highest BCUT2D eigenvalue weighted by molar-refractivity contribution is 6.30. The van der Waals surface area contributed by atoms with Crippen molar-refractivity contribution >= 4 is 23.4 Å². The Labute approximate surface area is 145 Å². The summed E-state index contributed by atoms with van der Waals surface area (Å²) in [5, 5.41) is 6.31. The molecule has 1 heterocycles. The summed E-state index contributed by atoms with van der Waals surface area (Å²) in [6.45, 7) is 0.464. The first-order chi connectivity index (χ1) is 11.6. The topological polar surface area (TPSA) is 67.4 Å². The molecular formula is C18H17ClN2O3. The van der Waals surface area contributed by atoms with Crippen molar-refractivity contribution in [1.82, 2.24) is 10.6 Å². The normalized spacial score (nSPS) is 17.0. The van der Waals surface area contributed by atoms with E-state index in [2.05, 4.69) is 10.6 Å². The van der Waals surface area contributed by atoms with E-state index in [0.29, 0.717) is 41.5 Å². The summed E-state index contributed by atoms with van der Waals surface area (Å²) in [7, 11) is 0. The largest absolute Gasteiger partial charge is 0.457 e. The number of rotatable bonds is 4. The fourth-order valence-corrected chi connectivity index (χ4v) is 2.59. The van der Waals surface area contributed by atoms with Gasteiger partial charge >= 0.3 is 0 Å². The maximum atomic E-state index is 12.3. The van der Waals surface area contributed by atoms with Crippen molar-refractivity contribution in [1.29, 1.82) is 0 Å². The molecule has 0 bridgehead atoms. The van der Waals surface area contributed by atoms with Crippen molar-refractivity contribution in [2.75, 3.05) is 6.54 Å². The number of benzene rings is 2. The molecule has 0 spiro atoms. The molecule has 1 aliphatic heterocycles. The van der Waals surface area contributed by atoms with Gasteiger partial charge in [0, 0.05) is 29.6 Å². The summed E-state index contributed by atoms with van der Waals surface area (Å²) >= 11 is 5.85. The van der Waals surface area contributed by atoms with Gasteiger partial charge in [0.15, 0.2) is 0 Å². The smallest absolute Gasteiger partial charge is 0.251 e. The van der Waals surface area contributed by atoms with Crippen LogP contribution in [-0.2, 0) is 4.79 Å². The lowest BCUT2D eigenvalue weighted by molar-refractivity contribution is -0.122. The summed E-state index contributed by atoms with van der Waals surface area (Å²) < 4.78 is 5.73. The number of ether oxygens (including phenoxy) is 1. The third kappa shape index (κ3) is 4.26. The maximum absolute atomic E-state index is 12.3. The quantitative estimate of drug-likeness (QED) is 0.895. The molecule has 3 rings (SSSR count). The zero-order valence-electron chi connectivity index (χ0n) is 12.9. The second kappa shape index (κ2) is 7.36. The fraction of sp³-hybridized carbons (Fsp3) is 0.222. The predicted octanol–water partition coefficient (Wildman–Crippen LogP) is 3.14. The van der Waals surface area contributed by atoms with E-state index in [1.54, 1.807) is 48.5 Å². The molecule has 0 aliphatic carbocycles. The van der Waals surface area contributed by atoms with Crippen LogP contribution in [0.25, 0.3) is 0 Å². The zero-order chi connectivity index (χ0) is 16.9. The molecule has 0 saturated carbocycles. The van der Waals surface area contributed by atoms with E-state index in [1.165, 1.54) is 0 Å². The number of halogens is 1. The number of amides is 2. The highest BCUT2D eigenvalue weighted by Crippen LogP contribution is 2.23. The van der Waals surface area contributed by atoms with Crippen LogP contribution in [0.4, 0.5) is 0 Å². The summed E-state index contributed by atoms with van der Waals surface area (Å²) in [5.41, 5.74) is 0.512. The van der Waals surface area contributed by atoms with Crippen molar-refractivity contribution < 1.29 is 14.3 Å². The number of piperidine rings is 1. The van der Waals surface area contributed by atoms with Gasteiger partial charge in [-0.3, -0.25) is 9.59 Å². The van der Waals surface area contributed by atoms with E-state index in [0.717, 1.165) is 0 Å². The van der Waals surface area contributed by atoms with Crippen LogP contribution in [0.1, 0.15) is 23.2 Å². The minimum absolute atomic E-state index is 0.0267. The molecule has 2 aromatic carbocycles. The summed E-state index contributed by atoms with van der Waals surface area (Å²) in [4.78, 5) is 23.5. The number of hydrogen-bond acceptors (Lipinski definition) is 3. The van der Waals surface area contributed by atoms with Crippen LogP contribution in [0, 0.1) is 0 Å². The molecule has 124 valence electrons. The molecule has 2 N–H and O–H groups in total. The lowest BCUT2D eigenvalue weighted by atomic mass is 10.1. The van der Waals surface area contributed by atoms with E-state index in [9.17, 15) is 9.59 Å². The van der Waals surface area contributed by atoms with E-state index in [4.69, 9.17) is 16.3 Å². The van der Waals surface area contributed by atoms with Gasteiger partial charge in [-0.2, -0.15) is 0 Å². The molecule has 0 aromatic heterocycles. The second-order valence-corrected chi connectivity index (χ2v) is 6.03. The molecule has 1 aliphatic rings. The summed E-state index contributed by atoms with van der Waals surface area (Å²) in [6.07, 6.45) is 1.09. The van der Waals surface area contributed by atoms with Gasteiger partial charge < -0.3 is 15.4 Å². The van der Waals surface area contributed by atoms with E-state index in [-0.39, 0.29) is 17.9 Å². The molecule has 1 atom stereocenters. The Balaban J connectivity index is 1.64. The lowest BCUT2D eigenvalue weighted by Crippen LogP contribution is -2.47. The second-order valence-electron chi connectivity index (χ2n) is 5.60. The SMILES string of the molecule is O=C1CCC(NC(=O)c2cccc(Oc3ccc(Cl)cc3)c2)CN1. The standard InChI is InChI=1S/C18H17ClN2O3/c19-13-4-7-15(8-5-13)24-16-3-1-2-12(10-16)18(23)21-14-6-9-17(22)20-11-14/h1-5,7-8,10,14H,6,9,11H2,(H,20,22)(H,21,23). The Morgan fingerprint density at radius 3 is 2.67 bits per heavy atom. The number of nitrogens with one attached hydrogen (secondary N) is 2. The van der Waals surface area contributed by atoms with E-state index < -0.39 is 0 Å². The highest BCUT2D eigenvalue weighted by Gasteiger charge is 2.20. The number of carbonyl (C=O) groups is 2. The monoisotopic (exact) mass is 344 g/mol. The maximum Gasteiger partial charge on any atom is 0.251 e. The number of carbonyl (C=O) groups excluding carboxylic acids is 2. The minimum atomic E-state index is -0.183. The Kier molecular flexibility index (Phi) is 5.01. The Morgan fingerprint density at radius 1 is 1.17 bits per heavy atom. The number of hydrogen-bond donors (Lipinski definition) is 2. The summed E-state index contributed by atoms with van der Waals surface area (Å²) in [5.74, 6) is 1.06. The van der Waals surface area contributed by atoms with Crippen LogP contribution in [0.3, 0.4) is 0 Å². The van der Waals surface area contributed by atoms with Crippen LogP contribution in [0.5, 0.6) is 11.5 Å². The van der Waals surface area contributed by atoms with E-state index in [1.807, 2.05) is 0 Å². The Bertz CT molecular complexity index is 736. The first-order valence-electron chi connectivity index (χ1n) is 7.71. The molecule has 1 unspecified atom stereocenters. The van der Waals surface area contributed by atoms with Gasteiger partial charge in [-0.15, -0.1) is 0 Å². The van der Waals surface area contributed by atoms with E-state index >= 15 is 0 Å². The average molecular weight is 345 g/mol. The first-order valence-corrected chi connectivity index (χ1v) is 8.09. The van der Waals surface area contributed by atoms with Crippen molar-refractivity contribution in [3.8, 4) is 11.5 Å². The van der Waals surface area contributed by atoms with Gasteiger partial charge in [0.2, 0.25) is 5.91 Å². The van der Waals surface area contributed by atoms with Gasteiger partial charge in [-0.25, -0.2) is 0 Å². The Morgan fingerprint density at radius 2 is 1.96 bits per heavy atom. The first kappa shape index (κ1) is 16.3. The lowest BCUT2D eigenvalue weighted by Gasteiger charge is -2.23. The van der Waals surface area contributed by atoms with Crippen molar-refractivity contribution in [2.45, 2.75) is 18.9 Å². The van der Waals surface area contributed by atoms with Crippen molar-refractivity contribution in [3.05, 3.63) is 59.1 Å². The van der Waals surface area contributed by atoms with Gasteiger partial charge in [0.1, 0.15) is 11.5 Å². The molecule has 2 amide bonds. The third-order valence-electron chi connectivity index (χ3n) is 3.75. The van der Waals surface area contributed by atoms with Crippen LogP contribution in [0.2, 0.25) is 5.02 Å². The third-order valence-corrected chi connectivity index (χ3v) is 4.00. The predicted molar refractivity (Wildman–Crippen MR) is 91.5 cm³/mol.